The van der Waals surface area contributed by atoms with Gasteiger partial charge in [0.2, 0.25) is 11.8 Å². The molecular weight excluding hydrogens is 699 g/mol. The molecule has 286 valence electrons. The van der Waals surface area contributed by atoms with E-state index in [2.05, 4.69) is 17.2 Å². The Bertz CT molecular complexity index is 1900. The molecule has 1 saturated carbocycles. The van der Waals surface area contributed by atoms with E-state index in [0.29, 0.717) is 33.8 Å². The van der Waals surface area contributed by atoms with Crippen molar-refractivity contribution in [3.05, 3.63) is 42.3 Å². The van der Waals surface area contributed by atoms with Crippen molar-refractivity contribution in [3.8, 4) is 22.9 Å². The van der Waals surface area contributed by atoms with E-state index in [4.69, 9.17) is 24.2 Å². The lowest BCUT2D eigenvalue weighted by molar-refractivity contribution is -0.161. The molecule has 13 nitrogen and oxygen atoms in total. The lowest BCUT2D eigenvalue weighted by Gasteiger charge is -2.35. The molecule has 2 fully saturated rings. The first-order valence-electron chi connectivity index (χ1n) is 17.8. The number of esters is 1. The number of carboxylic acids is 1. The molecule has 1 aliphatic carbocycles. The summed E-state index contributed by atoms with van der Waals surface area (Å²) < 4.78 is 17.8. The molecule has 5 atom stereocenters. The molecule has 53 heavy (non-hydrogen) atoms. The van der Waals surface area contributed by atoms with Crippen molar-refractivity contribution in [1.82, 2.24) is 20.2 Å². The van der Waals surface area contributed by atoms with Gasteiger partial charge in [-0.05, 0) is 58.6 Å². The summed E-state index contributed by atoms with van der Waals surface area (Å²) >= 11 is 1.46. The standard InChI is InChI=1S/C39H51N5O8S/c1-11-22-18-39(22,35(48)49)43-33(46)30-15-24(19-44(30)34(47)26(37(4,5)6)16-32(45)52-38(7,8)9)51-31-17-28(29-20-53-36(42-29)40-21(2)3)41-27-14-23(50-10)12-13-25(27)31/h11-14,17,20-22,24,26,30H,1,15-16,18-19H2,2-10H3,(H,40,42)(H,43,46)(H,48,49)/t22-,24-,26-,30+,39-/m1/s1. The van der Waals surface area contributed by atoms with Crippen LogP contribution in [0.4, 0.5) is 5.13 Å². The molecule has 14 heteroatoms. The van der Waals surface area contributed by atoms with Gasteiger partial charge in [0.15, 0.2) is 5.13 Å². The number of carbonyl (C=O) groups is 4. The van der Waals surface area contributed by atoms with Crippen LogP contribution in [0.1, 0.15) is 74.7 Å². The maximum atomic E-state index is 14.6. The highest BCUT2D eigenvalue weighted by Gasteiger charge is 2.61. The molecule has 3 heterocycles. The predicted molar refractivity (Wildman–Crippen MR) is 203 cm³/mol. The number of amides is 2. The van der Waals surface area contributed by atoms with Crippen LogP contribution in [0.5, 0.6) is 11.5 Å². The Morgan fingerprint density at radius 1 is 1.11 bits per heavy atom. The van der Waals surface area contributed by atoms with E-state index in [0.717, 1.165) is 5.13 Å². The van der Waals surface area contributed by atoms with Crippen molar-refractivity contribution in [1.29, 1.82) is 0 Å². The summed E-state index contributed by atoms with van der Waals surface area (Å²) in [6.45, 7) is 18.6. The summed E-state index contributed by atoms with van der Waals surface area (Å²) in [7, 11) is 1.57. The second-order valence-electron chi connectivity index (χ2n) is 16.2. The van der Waals surface area contributed by atoms with Crippen LogP contribution < -0.4 is 20.1 Å². The normalized spacial score (nSPS) is 21.9. The van der Waals surface area contributed by atoms with Crippen LogP contribution in [0, 0.1) is 17.3 Å². The largest absolute Gasteiger partial charge is 0.497 e. The van der Waals surface area contributed by atoms with E-state index in [-0.39, 0.29) is 31.8 Å². The fraction of sp³-hybridized carbons (Fsp3) is 0.538. The fourth-order valence-corrected chi connectivity index (χ4v) is 7.48. The summed E-state index contributed by atoms with van der Waals surface area (Å²) in [5.41, 5.74) is -1.14. The molecule has 2 aliphatic rings. The third-order valence-corrected chi connectivity index (χ3v) is 10.2. The second-order valence-corrected chi connectivity index (χ2v) is 17.1. The van der Waals surface area contributed by atoms with Crippen molar-refractivity contribution in [2.75, 3.05) is 19.0 Å². The molecule has 2 aromatic heterocycles. The molecule has 0 bridgehead atoms. The number of carbonyl (C=O) groups excluding carboxylic acids is 3. The highest BCUT2D eigenvalue weighted by atomic mass is 32.1. The molecule has 1 aliphatic heterocycles. The van der Waals surface area contributed by atoms with Crippen molar-refractivity contribution in [3.63, 3.8) is 0 Å². The van der Waals surface area contributed by atoms with Gasteiger partial charge in [0, 0.05) is 41.3 Å². The minimum Gasteiger partial charge on any atom is -0.497 e. The van der Waals surface area contributed by atoms with Gasteiger partial charge in [-0.3, -0.25) is 14.4 Å². The van der Waals surface area contributed by atoms with Crippen LogP contribution in [-0.4, -0.2) is 86.7 Å². The van der Waals surface area contributed by atoms with E-state index >= 15 is 0 Å². The van der Waals surface area contributed by atoms with Gasteiger partial charge < -0.3 is 34.9 Å². The Hall–Kier alpha value is -4.72. The summed E-state index contributed by atoms with van der Waals surface area (Å²) in [5.74, 6) is -2.96. The van der Waals surface area contributed by atoms with Crippen LogP contribution in [0.25, 0.3) is 22.3 Å². The van der Waals surface area contributed by atoms with Crippen molar-refractivity contribution in [2.45, 2.75) is 104 Å². The zero-order chi connectivity index (χ0) is 39.0. The van der Waals surface area contributed by atoms with Crippen LogP contribution in [0.3, 0.4) is 0 Å². The maximum Gasteiger partial charge on any atom is 0.330 e. The van der Waals surface area contributed by atoms with Crippen LogP contribution >= 0.6 is 11.3 Å². The summed E-state index contributed by atoms with van der Waals surface area (Å²) in [6, 6.07) is 6.34. The number of pyridine rings is 1. The average molecular weight is 750 g/mol. The number of anilines is 1. The van der Waals surface area contributed by atoms with Crippen molar-refractivity contribution < 1.29 is 38.5 Å². The number of nitrogens with one attached hydrogen (secondary N) is 2. The van der Waals surface area contributed by atoms with Gasteiger partial charge in [0.05, 0.1) is 37.2 Å². The number of hydrogen-bond donors (Lipinski definition) is 3. The number of aliphatic carboxylic acids is 1. The van der Waals surface area contributed by atoms with Crippen molar-refractivity contribution in [2.24, 2.45) is 17.3 Å². The first-order valence-corrected chi connectivity index (χ1v) is 18.7. The molecule has 0 unspecified atom stereocenters. The third-order valence-electron chi connectivity index (χ3n) is 9.46. The Kier molecular flexibility index (Phi) is 11.1. The SMILES string of the molecule is C=C[C@@H]1C[C@]1(NC(=O)[C@@H]1C[C@@H](Oc2cc(-c3csc(NC(C)C)n3)nc3cc(OC)ccc23)CN1C(=O)[C@@H](CC(=O)OC(C)(C)C)C(C)(C)C)C(=O)O. The predicted octanol–water partition coefficient (Wildman–Crippen LogP) is 6.08. The number of carboxylic acid groups (broad SMARTS) is 1. The van der Waals surface area contributed by atoms with Crippen LogP contribution in [0.2, 0.25) is 0 Å². The number of thiazole rings is 1. The molecule has 1 saturated heterocycles. The Morgan fingerprint density at radius 2 is 1.83 bits per heavy atom. The highest BCUT2D eigenvalue weighted by molar-refractivity contribution is 7.14. The summed E-state index contributed by atoms with van der Waals surface area (Å²) in [5, 5.41) is 19.4. The number of ether oxygens (including phenoxy) is 3. The zero-order valence-electron chi connectivity index (χ0n) is 31.9. The number of nitrogens with zero attached hydrogens (tertiary/aromatic N) is 3. The van der Waals surface area contributed by atoms with Gasteiger partial charge in [-0.25, -0.2) is 14.8 Å². The fourth-order valence-electron chi connectivity index (χ4n) is 6.62. The third kappa shape index (κ3) is 8.91. The number of hydrogen-bond acceptors (Lipinski definition) is 11. The number of aromatic nitrogens is 2. The van der Waals surface area contributed by atoms with E-state index in [1.165, 1.54) is 22.3 Å². The van der Waals surface area contributed by atoms with Crippen LogP contribution in [-0.2, 0) is 23.9 Å². The van der Waals surface area contributed by atoms with Gasteiger partial charge in [-0.1, -0.05) is 26.8 Å². The Labute approximate surface area is 314 Å². The van der Waals surface area contributed by atoms with E-state index in [1.54, 1.807) is 46.1 Å². The number of rotatable bonds is 13. The first-order chi connectivity index (χ1) is 24.7. The summed E-state index contributed by atoms with van der Waals surface area (Å²) in [4.78, 5) is 65.1. The van der Waals surface area contributed by atoms with E-state index in [9.17, 15) is 24.3 Å². The molecule has 2 amide bonds. The Morgan fingerprint density at radius 3 is 2.42 bits per heavy atom. The maximum absolute atomic E-state index is 14.6. The minimum absolute atomic E-state index is 0.0111. The molecule has 0 spiro atoms. The lowest BCUT2D eigenvalue weighted by atomic mass is 9.77. The number of benzene rings is 1. The number of fused-ring (bicyclic) bond motifs is 1. The molecule has 3 N–H and O–H groups in total. The molecule has 1 aromatic carbocycles. The average Bonchev–Trinajstić information content (AvgIpc) is 3.34. The number of methoxy groups -OCH3 is 1. The van der Waals surface area contributed by atoms with Crippen molar-refractivity contribution >= 4 is 51.1 Å². The molecule has 5 rings (SSSR count). The van der Waals surface area contributed by atoms with Crippen LogP contribution in [0.15, 0.2) is 42.3 Å². The quantitative estimate of drug-likeness (QED) is 0.137. The number of likely N-dealkylation sites (tertiary alicyclic amines) is 1. The lowest BCUT2D eigenvalue weighted by Crippen LogP contribution is -2.54. The summed E-state index contributed by atoms with van der Waals surface area (Å²) in [6.07, 6.45) is 0.904. The van der Waals surface area contributed by atoms with E-state index < -0.39 is 64.3 Å². The second kappa shape index (κ2) is 15.0. The van der Waals surface area contributed by atoms with Gasteiger partial charge in [0.25, 0.3) is 0 Å². The van der Waals surface area contributed by atoms with Gasteiger partial charge in [0.1, 0.15) is 40.5 Å². The molecule has 3 aromatic rings. The molecule has 0 radical (unpaired) electrons. The van der Waals surface area contributed by atoms with Gasteiger partial charge in [-0.2, -0.15) is 0 Å². The van der Waals surface area contributed by atoms with Gasteiger partial charge >= 0.3 is 11.9 Å². The molecular formula is C39H51N5O8S. The Balaban J connectivity index is 1.51. The van der Waals surface area contributed by atoms with E-state index in [1.807, 2.05) is 46.1 Å². The highest BCUT2D eigenvalue weighted by Crippen LogP contribution is 2.45. The topological polar surface area (TPSA) is 169 Å². The first kappa shape index (κ1) is 39.5. The zero-order valence-corrected chi connectivity index (χ0v) is 32.8. The van der Waals surface area contributed by atoms with Gasteiger partial charge in [-0.15, -0.1) is 17.9 Å². The minimum atomic E-state index is -1.50. The smallest absolute Gasteiger partial charge is 0.330 e. The monoisotopic (exact) mass is 749 g/mol.